The van der Waals surface area contributed by atoms with Crippen molar-refractivity contribution in [3.63, 3.8) is 0 Å². The first kappa shape index (κ1) is 25.7. The number of ether oxygens (including phenoxy) is 1. The van der Waals surface area contributed by atoms with Crippen LogP contribution in [0.15, 0.2) is 24.3 Å². The molecule has 37 heavy (non-hydrogen) atoms. The van der Waals surface area contributed by atoms with E-state index in [2.05, 4.69) is 21.7 Å². The average Bonchev–Trinajstić information content (AvgIpc) is 3.31. The molecule has 4 atom stereocenters. The SMILES string of the molecule is CCOC(=O)N1CCc2c(nc(C)n2[C@H]2C[C@H]3CC[C@@H](C2)N3CC[C@H](NC(C)=O)c2cccc(F)c2)C1. The summed E-state index contributed by atoms with van der Waals surface area (Å²) in [7, 11) is 0. The maximum absolute atomic E-state index is 13.9. The lowest BCUT2D eigenvalue weighted by Crippen LogP contribution is -2.45. The summed E-state index contributed by atoms with van der Waals surface area (Å²) in [6.07, 6.45) is 5.80. The molecule has 4 heterocycles. The number of carbonyl (C=O) groups is 2. The molecule has 200 valence electrons. The first-order chi connectivity index (χ1) is 17.8. The highest BCUT2D eigenvalue weighted by molar-refractivity contribution is 5.73. The van der Waals surface area contributed by atoms with Crippen molar-refractivity contribution in [3.8, 4) is 0 Å². The first-order valence-corrected chi connectivity index (χ1v) is 13.6. The maximum atomic E-state index is 13.9. The Kier molecular flexibility index (Phi) is 7.51. The Bertz CT molecular complexity index is 1140. The third-order valence-electron chi connectivity index (χ3n) is 8.28. The molecule has 2 saturated heterocycles. The predicted molar refractivity (Wildman–Crippen MR) is 137 cm³/mol. The number of aryl methyl sites for hydroxylation is 1. The van der Waals surface area contributed by atoms with Crippen molar-refractivity contribution in [2.75, 3.05) is 19.7 Å². The van der Waals surface area contributed by atoms with Gasteiger partial charge in [-0.1, -0.05) is 12.1 Å². The molecule has 9 heteroatoms. The summed E-state index contributed by atoms with van der Waals surface area (Å²) in [4.78, 5) is 33.3. The molecule has 0 aliphatic carbocycles. The molecule has 0 unspecified atom stereocenters. The van der Waals surface area contributed by atoms with Crippen molar-refractivity contribution >= 4 is 12.0 Å². The molecule has 5 rings (SSSR count). The van der Waals surface area contributed by atoms with Gasteiger partial charge in [-0.05, 0) is 63.6 Å². The van der Waals surface area contributed by atoms with Crippen LogP contribution in [0.2, 0.25) is 0 Å². The molecule has 1 aromatic carbocycles. The molecule has 0 spiro atoms. The number of hydrogen-bond acceptors (Lipinski definition) is 5. The van der Waals surface area contributed by atoms with Crippen LogP contribution in [0.25, 0.3) is 0 Å². The van der Waals surface area contributed by atoms with Gasteiger partial charge >= 0.3 is 6.09 Å². The Labute approximate surface area is 218 Å². The van der Waals surface area contributed by atoms with E-state index in [-0.39, 0.29) is 23.9 Å². The lowest BCUT2D eigenvalue weighted by molar-refractivity contribution is -0.119. The maximum Gasteiger partial charge on any atom is 0.410 e. The molecular weight excluding hydrogens is 473 g/mol. The van der Waals surface area contributed by atoms with Gasteiger partial charge in [-0.25, -0.2) is 14.2 Å². The minimum Gasteiger partial charge on any atom is -0.450 e. The highest BCUT2D eigenvalue weighted by atomic mass is 19.1. The fourth-order valence-electron chi connectivity index (χ4n) is 6.79. The van der Waals surface area contributed by atoms with Crippen LogP contribution in [0.4, 0.5) is 9.18 Å². The van der Waals surface area contributed by atoms with Crippen molar-refractivity contribution < 1.29 is 18.7 Å². The van der Waals surface area contributed by atoms with Crippen molar-refractivity contribution in [3.05, 3.63) is 52.9 Å². The average molecular weight is 512 g/mol. The lowest BCUT2D eigenvalue weighted by Gasteiger charge is -2.41. The van der Waals surface area contributed by atoms with E-state index in [1.165, 1.54) is 37.6 Å². The number of fused-ring (bicyclic) bond motifs is 3. The minimum absolute atomic E-state index is 0.0992. The van der Waals surface area contributed by atoms with Crippen LogP contribution in [0.1, 0.15) is 80.8 Å². The number of amides is 2. The van der Waals surface area contributed by atoms with E-state index in [1.54, 1.807) is 11.0 Å². The second-order valence-corrected chi connectivity index (χ2v) is 10.6. The summed E-state index contributed by atoms with van der Waals surface area (Å²) < 4.78 is 21.5. The largest absolute Gasteiger partial charge is 0.450 e. The molecular formula is C28H38FN5O3. The van der Waals surface area contributed by atoms with Crippen LogP contribution in [-0.2, 0) is 22.5 Å². The van der Waals surface area contributed by atoms with Gasteiger partial charge in [-0.3, -0.25) is 9.69 Å². The quantitative estimate of drug-likeness (QED) is 0.600. The summed E-state index contributed by atoms with van der Waals surface area (Å²) in [5.74, 6) is 0.654. The van der Waals surface area contributed by atoms with Crippen LogP contribution in [0, 0.1) is 12.7 Å². The zero-order valence-electron chi connectivity index (χ0n) is 22.1. The molecule has 2 aromatic rings. The summed E-state index contributed by atoms with van der Waals surface area (Å²) in [5.41, 5.74) is 3.09. The second kappa shape index (κ2) is 10.8. The van der Waals surface area contributed by atoms with Gasteiger partial charge in [-0.2, -0.15) is 0 Å². The van der Waals surface area contributed by atoms with E-state index in [0.29, 0.717) is 37.8 Å². The molecule has 2 fully saturated rings. The first-order valence-electron chi connectivity index (χ1n) is 13.6. The highest BCUT2D eigenvalue weighted by Gasteiger charge is 2.42. The standard InChI is InChI=1S/C28H38FN5O3/c1-4-37-28(36)32-12-11-27-26(17-32)30-18(2)34(27)24-15-22-8-9-23(16-24)33(22)13-10-25(31-19(3)35)20-6-5-7-21(29)14-20/h5-7,14,22-25H,4,8-13,15-17H2,1-3H3,(H,31,35)/t22-,23+,24+,25-/m0/s1. The monoisotopic (exact) mass is 511 g/mol. The molecule has 0 saturated carbocycles. The number of rotatable bonds is 7. The predicted octanol–water partition coefficient (Wildman–Crippen LogP) is 4.28. The van der Waals surface area contributed by atoms with E-state index >= 15 is 0 Å². The van der Waals surface area contributed by atoms with Crippen LogP contribution in [0.3, 0.4) is 0 Å². The number of benzene rings is 1. The molecule has 2 bridgehead atoms. The molecule has 3 aliphatic rings. The summed E-state index contributed by atoms with van der Waals surface area (Å²) >= 11 is 0. The Hall–Kier alpha value is -2.94. The van der Waals surface area contributed by atoms with Gasteiger partial charge in [0, 0.05) is 50.3 Å². The molecule has 3 aliphatic heterocycles. The van der Waals surface area contributed by atoms with E-state index < -0.39 is 0 Å². The number of aromatic nitrogens is 2. The van der Waals surface area contributed by atoms with Crippen LogP contribution in [0.5, 0.6) is 0 Å². The normalized spacial score (nSPS) is 24.0. The molecule has 2 amide bonds. The summed E-state index contributed by atoms with van der Waals surface area (Å²) in [6, 6.07) is 7.74. The number of carbonyl (C=O) groups excluding carboxylic acids is 2. The van der Waals surface area contributed by atoms with Crippen molar-refractivity contribution in [1.82, 2.24) is 24.7 Å². The van der Waals surface area contributed by atoms with Crippen LogP contribution < -0.4 is 5.32 Å². The van der Waals surface area contributed by atoms with Crippen molar-refractivity contribution in [1.29, 1.82) is 0 Å². The smallest absolute Gasteiger partial charge is 0.410 e. The zero-order chi connectivity index (χ0) is 26.1. The number of hydrogen-bond donors (Lipinski definition) is 1. The van der Waals surface area contributed by atoms with E-state index in [4.69, 9.17) is 9.72 Å². The fourth-order valence-corrected chi connectivity index (χ4v) is 6.79. The molecule has 1 aromatic heterocycles. The van der Waals surface area contributed by atoms with Crippen molar-refractivity contribution in [2.24, 2.45) is 0 Å². The molecule has 1 N–H and O–H groups in total. The van der Waals surface area contributed by atoms with Gasteiger partial charge in [0.1, 0.15) is 11.6 Å². The number of nitrogens with zero attached hydrogens (tertiary/aromatic N) is 4. The highest BCUT2D eigenvalue weighted by Crippen LogP contribution is 2.43. The second-order valence-electron chi connectivity index (χ2n) is 10.6. The van der Waals surface area contributed by atoms with Crippen LogP contribution in [-0.4, -0.2) is 63.1 Å². The fraction of sp³-hybridized carbons (Fsp3) is 0.607. The van der Waals surface area contributed by atoms with Crippen LogP contribution >= 0.6 is 0 Å². The number of nitrogens with one attached hydrogen (secondary N) is 1. The van der Waals surface area contributed by atoms with Gasteiger partial charge in [0.15, 0.2) is 0 Å². The van der Waals surface area contributed by atoms with Gasteiger partial charge < -0.3 is 19.5 Å². The van der Waals surface area contributed by atoms with Gasteiger partial charge in [0.05, 0.1) is 24.9 Å². The lowest BCUT2D eigenvalue weighted by atomic mass is 9.94. The number of imidazole rings is 1. The van der Waals surface area contributed by atoms with E-state index in [9.17, 15) is 14.0 Å². The number of halogens is 1. The Morgan fingerprint density at radius 2 is 1.97 bits per heavy atom. The number of piperidine rings is 1. The topological polar surface area (TPSA) is 79.7 Å². The molecule has 8 nitrogen and oxygen atoms in total. The van der Waals surface area contributed by atoms with E-state index in [0.717, 1.165) is 49.3 Å². The zero-order valence-corrected chi connectivity index (χ0v) is 22.1. The minimum atomic E-state index is -0.279. The Balaban J connectivity index is 1.26. The van der Waals surface area contributed by atoms with Gasteiger partial charge in [0.2, 0.25) is 5.91 Å². The Morgan fingerprint density at radius 3 is 2.65 bits per heavy atom. The van der Waals surface area contributed by atoms with Gasteiger partial charge in [0.25, 0.3) is 0 Å². The molecule has 0 radical (unpaired) electrons. The van der Waals surface area contributed by atoms with E-state index in [1.807, 2.05) is 13.0 Å². The van der Waals surface area contributed by atoms with Crippen molar-refractivity contribution in [2.45, 2.75) is 90.0 Å². The summed E-state index contributed by atoms with van der Waals surface area (Å²) in [5, 5.41) is 3.02. The Morgan fingerprint density at radius 1 is 1.22 bits per heavy atom. The third-order valence-corrected chi connectivity index (χ3v) is 8.28. The van der Waals surface area contributed by atoms with Gasteiger partial charge in [-0.15, -0.1) is 0 Å². The third kappa shape index (κ3) is 5.37. The summed E-state index contributed by atoms with van der Waals surface area (Å²) in [6.45, 7) is 7.85.